The Labute approximate surface area is 201 Å². The Bertz CT molecular complexity index is 1300. The standard InChI is InChI=1S/C24H28FN5O5/c1-13(28-18-6-7-19-26-11-17(21(31)32)30(19)29-18)16-9-15(25)8-14-10-24(5,34-20(14)16)12-27-22(33)35-23(2,3)4/h6-9,11,13H,10,12H2,1-5H3,(H,27,33)(H,28,29)(H,31,32)/t13-,24?/m1/s1. The molecule has 3 heterocycles. The van der Waals surface area contributed by atoms with Crippen LogP contribution in [0.4, 0.5) is 15.0 Å². The highest BCUT2D eigenvalue weighted by molar-refractivity contribution is 5.86. The minimum absolute atomic E-state index is 0.0699. The zero-order valence-corrected chi connectivity index (χ0v) is 20.2. The highest BCUT2D eigenvalue weighted by Crippen LogP contribution is 2.41. The first-order valence-corrected chi connectivity index (χ1v) is 11.2. The van der Waals surface area contributed by atoms with E-state index in [0.29, 0.717) is 34.8 Å². The summed E-state index contributed by atoms with van der Waals surface area (Å²) in [6.07, 6.45) is 1.08. The van der Waals surface area contributed by atoms with Gasteiger partial charge in [-0.2, -0.15) is 0 Å². The summed E-state index contributed by atoms with van der Waals surface area (Å²) < 4.78 is 27.3. The van der Waals surface area contributed by atoms with Crippen molar-refractivity contribution in [3.8, 4) is 5.75 Å². The maximum atomic E-state index is 14.5. The lowest BCUT2D eigenvalue weighted by Gasteiger charge is -2.27. The van der Waals surface area contributed by atoms with Crippen LogP contribution in [0, 0.1) is 5.82 Å². The number of aromatic carboxylic acids is 1. The van der Waals surface area contributed by atoms with E-state index in [9.17, 15) is 19.1 Å². The number of ether oxygens (including phenoxy) is 2. The smallest absolute Gasteiger partial charge is 0.407 e. The second kappa shape index (κ2) is 8.71. The van der Waals surface area contributed by atoms with Crippen molar-refractivity contribution in [3.05, 3.63) is 53.1 Å². The van der Waals surface area contributed by atoms with Gasteiger partial charge >= 0.3 is 12.1 Å². The molecule has 0 saturated heterocycles. The number of benzene rings is 1. The molecule has 1 aliphatic heterocycles. The van der Waals surface area contributed by atoms with E-state index in [2.05, 4.69) is 20.7 Å². The maximum absolute atomic E-state index is 14.5. The van der Waals surface area contributed by atoms with Crippen LogP contribution in [0.15, 0.2) is 30.5 Å². The molecule has 1 aliphatic rings. The molecule has 3 N–H and O–H groups in total. The van der Waals surface area contributed by atoms with Crippen LogP contribution in [-0.2, 0) is 11.2 Å². The van der Waals surface area contributed by atoms with Gasteiger partial charge in [-0.15, -0.1) is 5.10 Å². The van der Waals surface area contributed by atoms with E-state index in [1.54, 1.807) is 32.9 Å². The van der Waals surface area contributed by atoms with Gasteiger partial charge in [0.1, 0.15) is 28.6 Å². The van der Waals surface area contributed by atoms with Gasteiger partial charge in [0, 0.05) is 17.5 Å². The van der Waals surface area contributed by atoms with E-state index in [4.69, 9.17) is 9.47 Å². The number of nitrogens with one attached hydrogen (secondary N) is 2. The predicted octanol–water partition coefficient (Wildman–Crippen LogP) is 3.96. The summed E-state index contributed by atoms with van der Waals surface area (Å²) in [6.45, 7) is 9.18. The summed E-state index contributed by atoms with van der Waals surface area (Å²) in [7, 11) is 0. The van der Waals surface area contributed by atoms with Crippen molar-refractivity contribution >= 4 is 23.5 Å². The van der Waals surface area contributed by atoms with Crippen LogP contribution in [0.5, 0.6) is 5.75 Å². The van der Waals surface area contributed by atoms with E-state index >= 15 is 0 Å². The van der Waals surface area contributed by atoms with E-state index in [-0.39, 0.29) is 12.2 Å². The summed E-state index contributed by atoms with van der Waals surface area (Å²) in [6, 6.07) is 5.70. The number of amides is 1. The number of carboxylic acid groups (broad SMARTS) is 1. The van der Waals surface area contributed by atoms with Crippen LogP contribution in [0.3, 0.4) is 0 Å². The van der Waals surface area contributed by atoms with Crippen molar-refractivity contribution in [1.82, 2.24) is 19.9 Å². The molecule has 0 bridgehead atoms. The third-order valence-corrected chi connectivity index (χ3v) is 5.49. The molecule has 1 amide bonds. The lowest BCUT2D eigenvalue weighted by atomic mass is 9.97. The molecule has 0 spiro atoms. The zero-order valence-electron chi connectivity index (χ0n) is 20.2. The van der Waals surface area contributed by atoms with Gasteiger partial charge in [-0.25, -0.2) is 23.5 Å². The lowest BCUT2D eigenvalue weighted by molar-refractivity contribution is 0.0447. The second-order valence-corrected chi connectivity index (χ2v) is 9.87. The van der Waals surface area contributed by atoms with Crippen molar-refractivity contribution < 1.29 is 28.6 Å². The number of anilines is 1. The molecule has 2 aromatic heterocycles. The normalized spacial score (nSPS) is 18.0. The van der Waals surface area contributed by atoms with E-state index < -0.39 is 35.1 Å². The molecule has 2 atom stereocenters. The number of nitrogens with zero attached hydrogens (tertiary/aromatic N) is 3. The van der Waals surface area contributed by atoms with Gasteiger partial charge in [0.15, 0.2) is 11.3 Å². The number of aromatic nitrogens is 3. The second-order valence-electron chi connectivity index (χ2n) is 9.87. The number of rotatable bonds is 6. The SMILES string of the molecule is C[C@@H](Nc1ccc2ncc(C(=O)O)n2n1)c1cc(F)cc2c1OC(C)(CNC(=O)OC(C)(C)C)C2. The number of fused-ring (bicyclic) bond motifs is 2. The van der Waals surface area contributed by atoms with Gasteiger partial charge in [0.2, 0.25) is 0 Å². The van der Waals surface area contributed by atoms with Gasteiger partial charge in [0.25, 0.3) is 0 Å². The number of carbonyl (C=O) groups is 2. The van der Waals surface area contributed by atoms with Crippen molar-refractivity contribution in [2.24, 2.45) is 0 Å². The molecule has 0 aliphatic carbocycles. The topological polar surface area (TPSA) is 127 Å². The number of hydrogen-bond acceptors (Lipinski definition) is 7. The molecule has 0 fully saturated rings. The Balaban J connectivity index is 1.53. The molecule has 0 radical (unpaired) electrons. The Hall–Kier alpha value is -3.89. The fourth-order valence-corrected chi connectivity index (χ4v) is 4.00. The number of alkyl carbamates (subject to hydrolysis) is 1. The Morgan fingerprint density at radius 1 is 1.34 bits per heavy atom. The number of imidazole rings is 1. The Kier molecular flexibility index (Phi) is 6.04. The quantitative estimate of drug-likeness (QED) is 0.479. The molecule has 10 nitrogen and oxygen atoms in total. The Morgan fingerprint density at radius 2 is 2.09 bits per heavy atom. The summed E-state index contributed by atoms with van der Waals surface area (Å²) in [4.78, 5) is 27.5. The van der Waals surface area contributed by atoms with Crippen molar-refractivity contribution in [2.45, 2.75) is 58.3 Å². The van der Waals surface area contributed by atoms with Crippen molar-refractivity contribution in [1.29, 1.82) is 0 Å². The summed E-state index contributed by atoms with van der Waals surface area (Å²) in [5, 5.41) is 19.5. The zero-order chi connectivity index (χ0) is 25.5. The van der Waals surface area contributed by atoms with Gasteiger partial charge in [0.05, 0.1) is 18.8 Å². The Morgan fingerprint density at radius 3 is 2.77 bits per heavy atom. The molecule has 1 aromatic carbocycles. The van der Waals surface area contributed by atoms with Crippen LogP contribution >= 0.6 is 0 Å². The largest absolute Gasteiger partial charge is 0.485 e. The van der Waals surface area contributed by atoms with Crippen LogP contribution < -0.4 is 15.4 Å². The van der Waals surface area contributed by atoms with Gasteiger partial charge in [-0.05, 0) is 58.9 Å². The van der Waals surface area contributed by atoms with E-state index in [1.807, 2.05) is 13.8 Å². The van der Waals surface area contributed by atoms with Crippen LogP contribution in [0.1, 0.15) is 62.3 Å². The summed E-state index contributed by atoms with van der Waals surface area (Å²) in [5.41, 5.74) is 0.177. The van der Waals surface area contributed by atoms with Gasteiger partial charge in [-0.1, -0.05) is 0 Å². The van der Waals surface area contributed by atoms with E-state index in [0.717, 1.165) is 0 Å². The minimum Gasteiger partial charge on any atom is -0.485 e. The molecule has 186 valence electrons. The molecule has 4 rings (SSSR count). The first-order valence-electron chi connectivity index (χ1n) is 11.2. The van der Waals surface area contributed by atoms with Crippen molar-refractivity contribution in [3.63, 3.8) is 0 Å². The van der Waals surface area contributed by atoms with Crippen LogP contribution in [0.25, 0.3) is 5.65 Å². The summed E-state index contributed by atoms with van der Waals surface area (Å²) >= 11 is 0. The van der Waals surface area contributed by atoms with Gasteiger partial charge in [-0.3, -0.25) is 0 Å². The van der Waals surface area contributed by atoms with Crippen molar-refractivity contribution in [2.75, 3.05) is 11.9 Å². The number of halogens is 1. The third kappa shape index (κ3) is 5.28. The average molecular weight is 486 g/mol. The molecule has 3 aromatic rings. The van der Waals surface area contributed by atoms with Crippen LogP contribution in [0.2, 0.25) is 0 Å². The first-order chi connectivity index (χ1) is 16.3. The number of hydrogen-bond donors (Lipinski definition) is 3. The molecule has 11 heteroatoms. The van der Waals surface area contributed by atoms with Crippen LogP contribution in [-0.4, -0.2) is 49.5 Å². The first kappa shape index (κ1) is 24.2. The number of carbonyl (C=O) groups excluding carboxylic acids is 1. The highest BCUT2D eigenvalue weighted by Gasteiger charge is 2.38. The highest BCUT2D eigenvalue weighted by atomic mass is 19.1. The molecular weight excluding hydrogens is 457 g/mol. The number of carboxylic acids is 1. The third-order valence-electron chi connectivity index (χ3n) is 5.49. The lowest BCUT2D eigenvalue weighted by Crippen LogP contribution is -2.45. The molecule has 1 unspecified atom stereocenters. The average Bonchev–Trinajstić information content (AvgIpc) is 3.31. The fraction of sp³-hybridized carbons (Fsp3) is 0.417. The van der Waals surface area contributed by atoms with E-state index in [1.165, 1.54) is 22.8 Å². The molecule has 35 heavy (non-hydrogen) atoms. The summed E-state index contributed by atoms with van der Waals surface area (Å²) in [5.74, 6) is -0.636. The maximum Gasteiger partial charge on any atom is 0.407 e. The molecular formula is C24H28FN5O5. The fourth-order valence-electron chi connectivity index (χ4n) is 4.00. The van der Waals surface area contributed by atoms with Gasteiger partial charge < -0.3 is 25.2 Å². The minimum atomic E-state index is -1.15. The predicted molar refractivity (Wildman–Crippen MR) is 125 cm³/mol. The molecule has 0 saturated carbocycles. The monoisotopic (exact) mass is 485 g/mol.